The van der Waals surface area contributed by atoms with E-state index in [0.29, 0.717) is 11.5 Å². The topological polar surface area (TPSA) is 9.23 Å². The molecule has 82 valence electrons. The molecule has 0 N–H and O–H groups in total. The molecule has 0 amide bonds. The number of hydrogen-bond donors (Lipinski definition) is 0. The van der Waals surface area contributed by atoms with Crippen LogP contribution in [0.1, 0.15) is 58.8 Å². The molecule has 2 unspecified atom stereocenters. The van der Waals surface area contributed by atoms with Gasteiger partial charge in [0.25, 0.3) is 0 Å². The largest absolute Gasteiger partial charge is 0.378 e. The highest BCUT2D eigenvalue weighted by Crippen LogP contribution is 2.49. The molecule has 0 bridgehead atoms. The van der Waals surface area contributed by atoms with E-state index in [1.165, 1.54) is 44.9 Å². The average molecular weight is 196 g/mol. The van der Waals surface area contributed by atoms with E-state index in [0.717, 1.165) is 12.5 Å². The van der Waals surface area contributed by atoms with Crippen molar-refractivity contribution >= 4 is 0 Å². The third kappa shape index (κ3) is 1.60. The molecule has 0 aromatic heterocycles. The Morgan fingerprint density at radius 2 is 1.86 bits per heavy atom. The van der Waals surface area contributed by atoms with Crippen LogP contribution in [-0.2, 0) is 4.74 Å². The van der Waals surface area contributed by atoms with Crippen LogP contribution in [-0.4, -0.2) is 12.7 Å². The van der Waals surface area contributed by atoms with Gasteiger partial charge in [-0.05, 0) is 30.6 Å². The van der Waals surface area contributed by atoms with E-state index in [-0.39, 0.29) is 0 Å². The molecule has 1 aliphatic carbocycles. The molecule has 1 saturated heterocycles. The van der Waals surface area contributed by atoms with Crippen molar-refractivity contribution in [2.45, 2.75) is 64.9 Å². The lowest BCUT2D eigenvalue weighted by molar-refractivity contribution is -0.123. The molecule has 14 heavy (non-hydrogen) atoms. The maximum absolute atomic E-state index is 5.94. The summed E-state index contributed by atoms with van der Waals surface area (Å²) in [4.78, 5) is 0. The van der Waals surface area contributed by atoms with Crippen molar-refractivity contribution in [2.75, 3.05) is 6.61 Å². The Balaban J connectivity index is 2.14. The first kappa shape index (κ1) is 10.5. The van der Waals surface area contributed by atoms with Gasteiger partial charge in [-0.3, -0.25) is 0 Å². The van der Waals surface area contributed by atoms with Crippen LogP contribution in [0.15, 0.2) is 0 Å². The zero-order valence-electron chi connectivity index (χ0n) is 9.72. The predicted molar refractivity (Wildman–Crippen MR) is 59.3 cm³/mol. The predicted octanol–water partition coefficient (Wildman–Crippen LogP) is 3.77. The maximum atomic E-state index is 5.94. The van der Waals surface area contributed by atoms with Gasteiger partial charge in [0.1, 0.15) is 0 Å². The average Bonchev–Trinajstić information content (AvgIpc) is 2.28. The zero-order valence-corrected chi connectivity index (χ0v) is 9.72. The molecule has 1 heteroatoms. The van der Waals surface area contributed by atoms with E-state index in [1.807, 2.05) is 0 Å². The van der Waals surface area contributed by atoms with Gasteiger partial charge >= 0.3 is 0 Å². The Kier molecular flexibility index (Phi) is 3.16. The summed E-state index contributed by atoms with van der Waals surface area (Å²) in [7, 11) is 0. The first-order chi connectivity index (χ1) is 6.82. The van der Waals surface area contributed by atoms with Gasteiger partial charge in [0.05, 0.1) is 6.10 Å². The lowest BCUT2D eigenvalue weighted by Crippen LogP contribution is -2.46. The summed E-state index contributed by atoms with van der Waals surface area (Å²) in [5, 5.41) is 0. The molecule has 2 aliphatic rings. The minimum atomic E-state index is 0.609. The summed E-state index contributed by atoms with van der Waals surface area (Å²) < 4.78 is 5.94. The van der Waals surface area contributed by atoms with Gasteiger partial charge in [0, 0.05) is 6.61 Å². The van der Waals surface area contributed by atoms with Gasteiger partial charge in [0.2, 0.25) is 0 Å². The maximum Gasteiger partial charge on any atom is 0.0608 e. The number of ether oxygens (including phenoxy) is 1. The van der Waals surface area contributed by atoms with Gasteiger partial charge in [-0.25, -0.2) is 0 Å². The number of rotatable bonds is 2. The van der Waals surface area contributed by atoms with Gasteiger partial charge in [-0.2, -0.15) is 0 Å². The zero-order chi connectivity index (χ0) is 10.0. The Hall–Kier alpha value is -0.0400. The molecular weight excluding hydrogens is 172 g/mol. The van der Waals surface area contributed by atoms with E-state index in [1.54, 1.807) is 0 Å². The Bertz CT molecular complexity index is 182. The van der Waals surface area contributed by atoms with Crippen LogP contribution in [0.2, 0.25) is 0 Å². The fraction of sp³-hybridized carbons (Fsp3) is 1.00. The molecule has 1 heterocycles. The SMILES string of the molecule is CCC1(CC)CCOC2CCCCC21. The number of fused-ring (bicyclic) bond motifs is 1. The highest BCUT2D eigenvalue weighted by molar-refractivity contribution is 4.93. The monoisotopic (exact) mass is 196 g/mol. The van der Waals surface area contributed by atoms with Crippen LogP contribution in [0, 0.1) is 11.3 Å². The molecule has 1 saturated carbocycles. The Labute approximate surface area is 88.2 Å². The van der Waals surface area contributed by atoms with Crippen molar-refractivity contribution in [2.24, 2.45) is 11.3 Å². The summed E-state index contributed by atoms with van der Waals surface area (Å²) in [5.74, 6) is 0.875. The summed E-state index contributed by atoms with van der Waals surface area (Å²) >= 11 is 0. The van der Waals surface area contributed by atoms with Crippen molar-refractivity contribution in [1.82, 2.24) is 0 Å². The summed E-state index contributed by atoms with van der Waals surface area (Å²) in [6.45, 7) is 5.77. The van der Waals surface area contributed by atoms with Gasteiger partial charge in [-0.1, -0.05) is 39.5 Å². The van der Waals surface area contributed by atoms with E-state index in [4.69, 9.17) is 4.74 Å². The van der Waals surface area contributed by atoms with Gasteiger partial charge < -0.3 is 4.74 Å². The molecule has 0 aromatic rings. The first-order valence-electron chi connectivity index (χ1n) is 6.44. The molecule has 2 fully saturated rings. The fourth-order valence-corrected chi connectivity index (χ4v) is 3.72. The Morgan fingerprint density at radius 3 is 2.57 bits per heavy atom. The molecule has 0 radical (unpaired) electrons. The third-order valence-corrected chi connectivity index (χ3v) is 4.83. The molecule has 2 atom stereocenters. The molecule has 2 rings (SSSR count). The van der Waals surface area contributed by atoms with Crippen molar-refractivity contribution in [3.63, 3.8) is 0 Å². The number of hydrogen-bond acceptors (Lipinski definition) is 1. The van der Waals surface area contributed by atoms with Crippen LogP contribution in [0.3, 0.4) is 0 Å². The third-order valence-electron chi connectivity index (χ3n) is 4.83. The minimum absolute atomic E-state index is 0.609. The first-order valence-corrected chi connectivity index (χ1v) is 6.44. The van der Waals surface area contributed by atoms with Crippen LogP contribution in [0.4, 0.5) is 0 Å². The van der Waals surface area contributed by atoms with Crippen molar-refractivity contribution in [1.29, 1.82) is 0 Å². The van der Waals surface area contributed by atoms with Crippen LogP contribution < -0.4 is 0 Å². The fourth-order valence-electron chi connectivity index (χ4n) is 3.72. The highest BCUT2D eigenvalue weighted by Gasteiger charge is 2.44. The second kappa shape index (κ2) is 4.22. The summed E-state index contributed by atoms with van der Waals surface area (Å²) in [6.07, 6.45) is 10.2. The van der Waals surface area contributed by atoms with E-state index < -0.39 is 0 Å². The van der Waals surface area contributed by atoms with Gasteiger partial charge in [-0.15, -0.1) is 0 Å². The Morgan fingerprint density at radius 1 is 1.14 bits per heavy atom. The highest BCUT2D eigenvalue weighted by atomic mass is 16.5. The van der Waals surface area contributed by atoms with Gasteiger partial charge in [0.15, 0.2) is 0 Å². The van der Waals surface area contributed by atoms with Crippen molar-refractivity contribution in [3.8, 4) is 0 Å². The molecular formula is C13H24O. The van der Waals surface area contributed by atoms with E-state index in [2.05, 4.69) is 13.8 Å². The van der Waals surface area contributed by atoms with Crippen molar-refractivity contribution < 1.29 is 4.74 Å². The minimum Gasteiger partial charge on any atom is -0.378 e. The second-order valence-corrected chi connectivity index (χ2v) is 5.12. The molecule has 0 spiro atoms. The quantitative estimate of drug-likeness (QED) is 0.653. The van der Waals surface area contributed by atoms with Crippen LogP contribution >= 0.6 is 0 Å². The lowest BCUT2D eigenvalue weighted by Gasteiger charge is -2.49. The van der Waals surface area contributed by atoms with Crippen LogP contribution in [0.5, 0.6) is 0 Å². The molecule has 1 nitrogen and oxygen atoms in total. The molecule has 1 aliphatic heterocycles. The lowest BCUT2D eigenvalue weighted by atomic mass is 9.62. The summed E-state index contributed by atoms with van der Waals surface area (Å²) in [5.41, 5.74) is 0.628. The summed E-state index contributed by atoms with van der Waals surface area (Å²) in [6, 6.07) is 0. The second-order valence-electron chi connectivity index (χ2n) is 5.12. The van der Waals surface area contributed by atoms with Crippen molar-refractivity contribution in [3.05, 3.63) is 0 Å². The van der Waals surface area contributed by atoms with Crippen LogP contribution in [0.25, 0.3) is 0 Å². The van der Waals surface area contributed by atoms with E-state index >= 15 is 0 Å². The smallest absolute Gasteiger partial charge is 0.0608 e. The molecule has 0 aromatic carbocycles. The normalized spacial score (nSPS) is 36.4. The standard InChI is InChI=1S/C13H24O/c1-3-13(4-2)9-10-14-12-8-6-5-7-11(12)13/h11-12H,3-10H2,1-2H3. The van der Waals surface area contributed by atoms with E-state index in [9.17, 15) is 0 Å².